The summed E-state index contributed by atoms with van der Waals surface area (Å²) in [6, 6.07) is 9.83. The van der Waals surface area contributed by atoms with Crippen LogP contribution < -0.4 is 5.73 Å². The normalized spacial score (nSPS) is 12.5. The number of ether oxygens (including phenoxy) is 1. The van der Waals surface area contributed by atoms with E-state index in [9.17, 15) is 0 Å². The van der Waals surface area contributed by atoms with Crippen LogP contribution in [0.1, 0.15) is 31.5 Å². The molecule has 0 bridgehead atoms. The first-order valence-corrected chi connectivity index (χ1v) is 6.62. The molecule has 102 valence electrons. The highest BCUT2D eigenvalue weighted by molar-refractivity contribution is 5.32. The fourth-order valence-electron chi connectivity index (χ4n) is 1.96. The number of aromatic nitrogens is 3. The van der Waals surface area contributed by atoms with Crippen molar-refractivity contribution in [2.45, 2.75) is 25.8 Å². The quantitative estimate of drug-likeness (QED) is 0.774. The maximum atomic E-state index is 6.20. The highest BCUT2D eigenvalue weighted by atomic mass is 16.5. The van der Waals surface area contributed by atoms with Crippen molar-refractivity contribution in [1.82, 2.24) is 15.0 Å². The molecule has 2 rings (SSSR count). The first kappa shape index (κ1) is 13.7. The predicted molar refractivity (Wildman–Crippen MR) is 74.0 cm³/mol. The van der Waals surface area contributed by atoms with Gasteiger partial charge >= 0.3 is 0 Å². The van der Waals surface area contributed by atoms with Crippen LogP contribution in [0.4, 0.5) is 0 Å². The Hall–Kier alpha value is -1.72. The Morgan fingerprint density at radius 2 is 2.11 bits per heavy atom. The van der Waals surface area contributed by atoms with Crippen LogP contribution >= 0.6 is 0 Å². The molecule has 5 heteroatoms. The summed E-state index contributed by atoms with van der Waals surface area (Å²) in [6.07, 6.45) is 3.54. The molecule has 2 N–H and O–H groups in total. The summed E-state index contributed by atoms with van der Waals surface area (Å²) in [7, 11) is 0. The molecule has 5 nitrogen and oxygen atoms in total. The second-order valence-corrected chi connectivity index (χ2v) is 4.35. The Morgan fingerprint density at radius 3 is 2.84 bits per heavy atom. The van der Waals surface area contributed by atoms with Gasteiger partial charge in [0.15, 0.2) is 0 Å². The van der Waals surface area contributed by atoms with E-state index in [1.807, 2.05) is 37.3 Å². The van der Waals surface area contributed by atoms with Gasteiger partial charge in [-0.15, -0.1) is 5.10 Å². The number of rotatable bonds is 7. The van der Waals surface area contributed by atoms with Gasteiger partial charge in [0, 0.05) is 19.3 Å². The topological polar surface area (TPSA) is 66.0 Å². The van der Waals surface area contributed by atoms with Crippen molar-refractivity contribution in [1.29, 1.82) is 0 Å². The van der Waals surface area contributed by atoms with Gasteiger partial charge in [0.2, 0.25) is 0 Å². The molecule has 1 atom stereocenters. The van der Waals surface area contributed by atoms with Crippen molar-refractivity contribution in [3.63, 3.8) is 0 Å². The second kappa shape index (κ2) is 7.01. The van der Waals surface area contributed by atoms with Crippen LogP contribution in [0.25, 0.3) is 5.69 Å². The second-order valence-electron chi connectivity index (χ2n) is 4.35. The molecule has 1 unspecified atom stereocenters. The molecule has 0 aliphatic rings. The van der Waals surface area contributed by atoms with E-state index in [1.165, 1.54) is 0 Å². The molecule has 0 fully saturated rings. The Kier molecular flexibility index (Phi) is 5.06. The SMILES string of the molecule is CCOCCCC(N)c1cnnn1-c1ccccc1. The third-order valence-corrected chi connectivity index (χ3v) is 2.96. The van der Waals surface area contributed by atoms with Gasteiger partial charge in [-0.2, -0.15) is 0 Å². The summed E-state index contributed by atoms with van der Waals surface area (Å²) in [4.78, 5) is 0. The van der Waals surface area contributed by atoms with Crippen LogP contribution in [0, 0.1) is 0 Å². The summed E-state index contributed by atoms with van der Waals surface area (Å²) < 4.78 is 7.12. The number of hydrogen-bond donors (Lipinski definition) is 1. The van der Waals surface area contributed by atoms with Crippen molar-refractivity contribution in [2.75, 3.05) is 13.2 Å². The maximum Gasteiger partial charge on any atom is 0.0813 e. The summed E-state index contributed by atoms with van der Waals surface area (Å²) in [5.74, 6) is 0. The van der Waals surface area contributed by atoms with Gasteiger partial charge in [0.1, 0.15) is 0 Å². The van der Waals surface area contributed by atoms with Crippen molar-refractivity contribution in [3.8, 4) is 5.69 Å². The van der Waals surface area contributed by atoms with Gasteiger partial charge in [-0.1, -0.05) is 23.4 Å². The van der Waals surface area contributed by atoms with E-state index in [4.69, 9.17) is 10.5 Å². The predicted octanol–water partition coefficient (Wildman–Crippen LogP) is 2.08. The molecule has 0 amide bonds. The first-order valence-electron chi connectivity index (χ1n) is 6.62. The van der Waals surface area contributed by atoms with Gasteiger partial charge < -0.3 is 10.5 Å². The minimum Gasteiger partial charge on any atom is -0.382 e. The third kappa shape index (κ3) is 3.62. The summed E-state index contributed by atoms with van der Waals surface area (Å²) >= 11 is 0. The number of nitrogens with zero attached hydrogens (tertiary/aromatic N) is 3. The standard InChI is InChI=1S/C14H20N4O/c1-2-19-10-6-9-13(15)14-11-16-17-18(14)12-7-4-3-5-8-12/h3-5,7-8,11,13H,2,6,9-10,15H2,1H3. The van der Waals surface area contributed by atoms with E-state index in [0.717, 1.165) is 37.4 Å². The number of nitrogens with two attached hydrogens (primary N) is 1. The van der Waals surface area contributed by atoms with Gasteiger partial charge in [-0.25, -0.2) is 4.68 Å². The van der Waals surface area contributed by atoms with E-state index < -0.39 is 0 Å². The molecular weight excluding hydrogens is 240 g/mol. The molecule has 0 saturated carbocycles. The molecule has 0 radical (unpaired) electrons. The van der Waals surface area contributed by atoms with Crippen LogP contribution in [0.5, 0.6) is 0 Å². The van der Waals surface area contributed by atoms with Gasteiger partial charge in [-0.05, 0) is 31.9 Å². The number of hydrogen-bond acceptors (Lipinski definition) is 4. The molecule has 1 heterocycles. The van der Waals surface area contributed by atoms with Crippen LogP contribution in [0.2, 0.25) is 0 Å². The van der Waals surface area contributed by atoms with Gasteiger partial charge in [-0.3, -0.25) is 0 Å². The van der Waals surface area contributed by atoms with Crippen LogP contribution in [-0.4, -0.2) is 28.2 Å². The van der Waals surface area contributed by atoms with Crippen LogP contribution in [0.3, 0.4) is 0 Å². The van der Waals surface area contributed by atoms with Gasteiger partial charge in [0.05, 0.1) is 17.6 Å². The van der Waals surface area contributed by atoms with Crippen molar-refractivity contribution < 1.29 is 4.74 Å². The van der Waals surface area contributed by atoms with Crippen molar-refractivity contribution in [2.24, 2.45) is 5.73 Å². The fraction of sp³-hybridized carbons (Fsp3) is 0.429. The smallest absolute Gasteiger partial charge is 0.0813 e. The van der Waals surface area contributed by atoms with Crippen LogP contribution in [-0.2, 0) is 4.74 Å². The summed E-state index contributed by atoms with van der Waals surface area (Å²) in [5.41, 5.74) is 8.12. The average molecular weight is 260 g/mol. The maximum absolute atomic E-state index is 6.20. The van der Waals surface area contributed by atoms with Crippen molar-refractivity contribution in [3.05, 3.63) is 42.2 Å². The third-order valence-electron chi connectivity index (χ3n) is 2.96. The molecule has 1 aromatic heterocycles. The molecule has 0 saturated heterocycles. The first-order chi connectivity index (χ1) is 9.33. The van der Waals surface area contributed by atoms with Crippen LogP contribution in [0.15, 0.2) is 36.5 Å². The summed E-state index contributed by atoms with van der Waals surface area (Å²) in [6.45, 7) is 3.49. The molecule has 0 aliphatic carbocycles. The summed E-state index contributed by atoms with van der Waals surface area (Å²) in [5, 5.41) is 8.07. The van der Waals surface area contributed by atoms with E-state index in [-0.39, 0.29) is 6.04 Å². The lowest BCUT2D eigenvalue weighted by Crippen LogP contribution is -2.16. The Labute approximate surface area is 113 Å². The highest BCUT2D eigenvalue weighted by Crippen LogP contribution is 2.18. The Morgan fingerprint density at radius 1 is 1.32 bits per heavy atom. The molecule has 2 aromatic rings. The fourth-order valence-corrected chi connectivity index (χ4v) is 1.96. The van der Waals surface area contributed by atoms with Gasteiger partial charge in [0.25, 0.3) is 0 Å². The van der Waals surface area contributed by atoms with E-state index >= 15 is 0 Å². The van der Waals surface area contributed by atoms with E-state index in [1.54, 1.807) is 10.9 Å². The zero-order valence-electron chi connectivity index (χ0n) is 11.2. The monoisotopic (exact) mass is 260 g/mol. The molecule has 0 aliphatic heterocycles. The number of benzene rings is 1. The Balaban J connectivity index is 2.03. The lowest BCUT2D eigenvalue weighted by Gasteiger charge is -2.13. The zero-order chi connectivity index (χ0) is 13.5. The number of para-hydroxylation sites is 1. The lowest BCUT2D eigenvalue weighted by molar-refractivity contribution is 0.142. The minimum absolute atomic E-state index is 0.0735. The Bertz CT molecular complexity index is 483. The molecular formula is C14H20N4O. The largest absolute Gasteiger partial charge is 0.382 e. The van der Waals surface area contributed by atoms with Crippen molar-refractivity contribution >= 4 is 0 Å². The molecule has 1 aromatic carbocycles. The highest BCUT2D eigenvalue weighted by Gasteiger charge is 2.13. The zero-order valence-corrected chi connectivity index (χ0v) is 11.2. The molecule has 19 heavy (non-hydrogen) atoms. The average Bonchev–Trinajstić information content (AvgIpc) is 2.94. The lowest BCUT2D eigenvalue weighted by atomic mass is 10.1. The molecule has 0 spiro atoms. The minimum atomic E-state index is -0.0735. The van der Waals surface area contributed by atoms with E-state index in [2.05, 4.69) is 10.3 Å². The van der Waals surface area contributed by atoms with E-state index in [0.29, 0.717) is 0 Å².